The van der Waals surface area contributed by atoms with Gasteiger partial charge in [-0.3, -0.25) is 9.52 Å². The zero-order valence-corrected chi connectivity index (χ0v) is 21.4. The zero-order valence-electron chi connectivity index (χ0n) is 20.5. The lowest BCUT2D eigenvalue weighted by molar-refractivity contribution is 0.102. The number of methoxy groups -OCH3 is 1. The fourth-order valence-corrected chi connectivity index (χ4v) is 4.93. The van der Waals surface area contributed by atoms with Gasteiger partial charge in [0.25, 0.3) is 15.9 Å². The van der Waals surface area contributed by atoms with Crippen LogP contribution < -0.4 is 14.8 Å². The van der Waals surface area contributed by atoms with Gasteiger partial charge in [-0.1, -0.05) is 42.0 Å². The minimum absolute atomic E-state index is 0.00386. The SMILES string of the molecule is COc1cc(NS(=O)(=O)c2ccc(NC(=O)c3cc(-c4cccc(C)c4)nc4ccccc34)cc2)ncn1. The first-order valence-corrected chi connectivity index (χ1v) is 13.1. The Morgan fingerprint density at radius 1 is 0.895 bits per heavy atom. The Hall–Kier alpha value is -4.83. The van der Waals surface area contributed by atoms with Gasteiger partial charge in [0.05, 0.1) is 28.8 Å². The highest BCUT2D eigenvalue weighted by atomic mass is 32.2. The summed E-state index contributed by atoms with van der Waals surface area (Å²) in [5.74, 6) is -0.0347. The zero-order chi connectivity index (χ0) is 26.7. The van der Waals surface area contributed by atoms with Crippen molar-refractivity contribution in [1.82, 2.24) is 15.0 Å². The van der Waals surface area contributed by atoms with E-state index in [9.17, 15) is 13.2 Å². The summed E-state index contributed by atoms with van der Waals surface area (Å²) in [4.78, 5) is 25.9. The summed E-state index contributed by atoms with van der Waals surface area (Å²) in [6.45, 7) is 2.00. The molecule has 0 unspecified atom stereocenters. The number of carbonyl (C=O) groups excluding carboxylic acids is 1. The molecule has 0 saturated heterocycles. The molecule has 0 aliphatic carbocycles. The number of amides is 1. The second-order valence-electron chi connectivity index (χ2n) is 8.47. The third kappa shape index (κ3) is 5.30. The molecular formula is C28H23N5O4S. The van der Waals surface area contributed by atoms with Crippen molar-refractivity contribution in [1.29, 1.82) is 0 Å². The van der Waals surface area contributed by atoms with Crippen LogP contribution >= 0.6 is 0 Å². The first kappa shape index (κ1) is 24.8. The topological polar surface area (TPSA) is 123 Å². The summed E-state index contributed by atoms with van der Waals surface area (Å²) in [6.07, 6.45) is 1.20. The van der Waals surface area contributed by atoms with Crippen molar-refractivity contribution >= 4 is 38.3 Å². The maximum absolute atomic E-state index is 13.4. The van der Waals surface area contributed by atoms with Crippen LogP contribution in [0.2, 0.25) is 0 Å². The highest BCUT2D eigenvalue weighted by molar-refractivity contribution is 7.92. The Labute approximate surface area is 219 Å². The lowest BCUT2D eigenvalue weighted by atomic mass is 10.0. The molecule has 190 valence electrons. The number of nitrogens with one attached hydrogen (secondary N) is 2. The second-order valence-corrected chi connectivity index (χ2v) is 10.2. The number of sulfonamides is 1. The average Bonchev–Trinajstić information content (AvgIpc) is 2.92. The van der Waals surface area contributed by atoms with Gasteiger partial charge in [0, 0.05) is 22.7 Å². The minimum Gasteiger partial charge on any atom is -0.481 e. The molecule has 0 spiro atoms. The molecule has 0 aliphatic heterocycles. The highest BCUT2D eigenvalue weighted by Gasteiger charge is 2.17. The predicted octanol–water partition coefficient (Wildman–Crippen LogP) is 5.06. The Morgan fingerprint density at radius 3 is 2.45 bits per heavy atom. The molecule has 0 atom stereocenters. The number of pyridine rings is 1. The average molecular weight is 526 g/mol. The van der Waals surface area contributed by atoms with E-state index in [2.05, 4.69) is 20.0 Å². The summed E-state index contributed by atoms with van der Waals surface area (Å²) in [5, 5.41) is 3.58. The highest BCUT2D eigenvalue weighted by Crippen LogP contribution is 2.27. The van der Waals surface area contributed by atoms with E-state index in [0.29, 0.717) is 27.8 Å². The number of nitrogens with zero attached hydrogens (tertiary/aromatic N) is 3. The van der Waals surface area contributed by atoms with Crippen LogP contribution in [0.3, 0.4) is 0 Å². The van der Waals surface area contributed by atoms with Crippen LogP contribution in [-0.4, -0.2) is 36.4 Å². The van der Waals surface area contributed by atoms with Gasteiger partial charge >= 0.3 is 0 Å². The summed E-state index contributed by atoms with van der Waals surface area (Å²) < 4.78 is 33.0. The van der Waals surface area contributed by atoms with Gasteiger partial charge in [-0.2, -0.15) is 0 Å². The Kier molecular flexibility index (Phi) is 6.71. The molecule has 5 rings (SSSR count). The molecule has 2 heterocycles. The van der Waals surface area contributed by atoms with E-state index >= 15 is 0 Å². The fraction of sp³-hybridized carbons (Fsp3) is 0.0714. The van der Waals surface area contributed by atoms with E-state index in [1.165, 1.54) is 43.8 Å². The minimum atomic E-state index is -3.92. The number of aryl methyl sites for hydroxylation is 1. The molecule has 1 amide bonds. The molecule has 0 aliphatic rings. The van der Waals surface area contributed by atoms with Gasteiger partial charge in [-0.25, -0.2) is 23.4 Å². The van der Waals surface area contributed by atoms with Crippen molar-refractivity contribution in [3.63, 3.8) is 0 Å². The van der Waals surface area contributed by atoms with E-state index in [0.717, 1.165) is 11.1 Å². The number of hydrogen-bond acceptors (Lipinski definition) is 7. The van der Waals surface area contributed by atoms with Gasteiger partial charge in [-0.05, 0) is 49.4 Å². The van der Waals surface area contributed by atoms with E-state index in [-0.39, 0.29) is 22.5 Å². The maximum Gasteiger partial charge on any atom is 0.263 e. The van der Waals surface area contributed by atoms with Crippen molar-refractivity contribution in [2.75, 3.05) is 17.1 Å². The van der Waals surface area contributed by atoms with E-state index in [4.69, 9.17) is 9.72 Å². The van der Waals surface area contributed by atoms with Crippen molar-refractivity contribution in [2.45, 2.75) is 11.8 Å². The van der Waals surface area contributed by atoms with E-state index in [1.54, 1.807) is 6.07 Å². The number of ether oxygens (including phenoxy) is 1. The van der Waals surface area contributed by atoms with Gasteiger partial charge < -0.3 is 10.1 Å². The molecule has 38 heavy (non-hydrogen) atoms. The summed E-state index contributed by atoms with van der Waals surface area (Å²) in [6, 6.07) is 24.4. The molecule has 10 heteroatoms. The maximum atomic E-state index is 13.4. The van der Waals surface area contributed by atoms with Crippen LogP contribution in [-0.2, 0) is 10.0 Å². The third-order valence-electron chi connectivity index (χ3n) is 5.79. The number of hydrogen-bond donors (Lipinski definition) is 2. The number of carbonyl (C=O) groups is 1. The molecular weight excluding hydrogens is 502 g/mol. The lowest BCUT2D eigenvalue weighted by Crippen LogP contribution is -2.15. The van der Waals surface area contributed by atoms with Crippen molar-refractivity contribution in [3.8, 4) is 17.1 Å². The molecule has 0 fully saturated rings. The molecule has 0 bridgehead atoms. The Balaban J connectivity index is 1.40. The fourth-order valence-electron chi connectivity index (χ4n) is 3.93. The van der Waals surface area contributed by atoms with Crippen LogP contribution in [0.5, 0.6) is 5.88 Å². The molecule has 9 nitrogen and oxygen atoms in total. The summed E-state index contributed by atoms with van der Waals surface area (Å²) in [7, 11) is -2.50. The molecule has 3 aromatic carbocycles. The molecule has 0 radical (unpaired) electrons. The first-order valence-electron chi connectivity index (χ1n) is 11.6. The third-order valence-corrected chi connectivity index (χ3v) is 7.16. The van der Waals surface area contributed by atoms with Gasteiger partial charge in [0.2, 0.25) is 5.88 Å². The van der Waals surface area contributed by atoms with E-state index < -0.39 is 10.0 Å². The van der Waals surface area contributed by atoms with Crippen LogP contribution in [0.1, 0.15) is 15.9 Å². The molecule has 2 aromatic heterocycles. The first-order chi connectivity index (χ1) is 18.3. The number of aromatic nitrogens is 3. The van der Waals surface area contributed by atoms with Crippen molar-refractivity contribution in [3.05, 3.63) is 102 Å². The number of fused-ring (bicyclic) bond motifs is 1. The van der Waals surface area contributed by atoms with Crippen LogP contribution in [0.25, 0.3) is 22.2 Å². The van der Waals surface area contributed by atoms with Crippen LogP contribution in [0.4, 0.5) is 11.5 Å². The number of rotatable bonds is 7. The monoisotopic (exact) mass is 525 g/mol. The molecule has 0 saturated carbocycles. The van der Waals surface area contributed by atoms with Crippen molar-refractivity contribution in [2.24, 2.45) is 0 Å². The number of benzene rings is 3. The van der Waals surface area contributed by atoms with Crippen LogP contribution in [0, 0.1) is 6.92 Å². The Morgan fingerprint density at radius 2 is 1.68 bits per heavy atom. The van der Waals surface area contributed by atoms with Gasteiger partial charge in [-0.15, -0.1) is 0 Å². The smallest absolute Gasteiger partial charge is 0.263 e. The normalized spacial score (nSPS) is 11.2. The quantitative estimate of drug-likeness (QED) is 0.304. The van der Waals surface area contributed by atoms with Gasteiger partial charge in [0.15, 0.2) is 0 Å². The summed E-state index contributed by atoms with van der Waals surface area (Å²) >= 11 is 0. The largest absolute Gasteiger partial charge is 0.481 e. The van der Waals surface area contributed by atoms with Crippen molar-refractivity contribution < 1.29 is 17.9 Å². The van der Waals surface area contributed by atoms with E-state index in [1.807, 2.05) is 55.5 Å². The number of para-hydroxylation sites is 1. The molecule has 2 N–H and O–H groups in total. The van der Waals surface area contributed by atoms with Crippen LogP contribution in [0.15, 0.2) is 96.2 Å². The summed E-state index contributed by atoms with van der Waals surface area (Å²) in [5.41, 5.74) is 4.29. The predicted molar refractivity (Wildman–Crippen MR) is 146 cm³/mol. The second kappa shape index (κ2) is 10.3. The lowest BCUT2D eigenvalue weighted by Gasteiger charge is -2.12. The Bertz CT molecular complexity index is 1760. The molecule has 5 aromatic rings. The standard InChI is InChI=1S/C28H23N5O4S/c1-18-6-5-7-19(14-18)25-15-23(22-8-3-4-9-24(22)32-25)28(34)31-20-10-12-21(13-11-20)38(35,36)33-26-16-27(37-2)30-17-29-26/h3-17H,1-2H3,(H,31,34)(H,29,30,33). The van der Waals surface area contributed by atoms with Gasteiger partial charge in [0.1, 0.15) is 12.1 Å². The number of anilines is 2.